The van der Waals surface area contributed by atoms with Gasteiger partial charge in [-0.1, -0.05) is 0 Å². The first-order valence-electron chi connectivity index (χ1n) is 8.01. The summed E-state index contributed by atoms with van der Waals surface area (Å²) >= 11 is 0. The number of benzene rings is 1. The number of amides is 1. The number of carbonyl (C=O) groups excluding carboxylic acids is 1. The third kappa shape index (κ3) is 3.32. The van der Waals surface area contributed by atoms with Crippen LogP contribution in [-0.4, -0.2) is 35.1 Å². The molecule has 0 aliphatic carbocycles. The second kappa shape index (κ2) is 6.84. The average molecular weight is 368 g/mol. The van der Waals surface area contributed by atoms with Gasteiger partial charge in [0.05, 0.1) is 24.5 Å². The molecule has 1 fully saturated rings. The highest BCUT2D eigenvalue weighted by atomic mass is 19.1. The number of carbonyl (C=O) groups is 1. The van der Waals surface area contributed by atoms with Crippen LogP contribution in [0, 0.1) is 12.4 Å². The molecule has 1 aliphatic rings. The van der Waals surface area contributed by atoms with Gasteiger partial charge in [0.15, 0.2) is 6.10 Å². The van der Waals surface area contributed by atoms with E-state index in [1.54, 1.807) is 30.5 Å². The molecule has 0 radical (unpaired) electrons. The Morgan fingerprint density at radius 3 is 2.96 bits per heavy atom. The van der Waals surface area contributed by atoms with Crippen molar-refractivity contribution in [1.82, 2.24) is 9.72 Å². The number of hydrogen-bond donors (Lipinski definition) is 0. The van der Waals surface area contributed by atoms with Crippen LogP contribution in [0.2, 0.25) is 0 Å². The molecule has 9 heteroatoms. The van der Waals surface area contributed by atoms with Crippen molar-refractivity contribution in [2.24, 2.45) is 0 Å². The van der Waals surface area contributed by atoms with Gasteiger partial charge in [0.1, 0.15) is 18.7 Å². The Labute approximate surface area is 153 Å². The van der Waals surface area contributed by atoms with E-state index in [0.29, 0.717) is 17.3 Å². The van der Waals surface area contributed by atoms with Crippen molar-refractivity contribution in [1.29, 1.82) is 0 Å². The highest BCUT2D eigenvalue weighted by Gasteiger charge is 2.33. The Morgan fingerprint density at radius 2 is 2.26 bits per heavy atom. The Balaban J connectivity index is 1.47. The van der Waals surface area contributed by atoms with Gasteiger partial charge in [-0.25, -0.2) is 14.0 Å². The average Bonchev–Trinajstić information content (AvgIpc) is 3.41. The van der Waals surface area contributed by atoms with Crippen LogP contribution in [-0.2, 0) is 4.74 Å². The summed E-state index contributed by atoms with van der Waals surface area (Å²) in [6.07, 6.45) is 3.42. The van der Waals surface area contributed by atoms with E-state index in [1.165, 1.54) is 28.0 Å². The lowest BCUT2D eigenvalue weighted by atomic mass is 10.2. The molecule has 0 N–H and O–H groups in total. The smallest absolute Gasteiger partial charge is 0.414 e. The van der Waals surface area contributed by atoms with Crippen LogP contribution in [0.25, 0.3) is 10.5 Å². The molecule has 1 amide bonds. The van der Waals surface area contributed by atoms with Crippen molar-refractivity contribution in [3.63, 3.8) is 0 Å². The number of nitrogens with zero attached hydrogens (tertiary/aromatic N) is 4. The monoisotopic (exact) mass is 368 g/mol. The van der Waals surface area contributed by atoms with Gasteiger partial charge >= 0.3 is 6.09 Å². The molecule has 1 aliphatic heterocycles. The first-order chi connectivity index (χ1) is 13.1. The first-order valence-corrected chi connectivity index (χ1v) is 8.01. The number of aromatic nitrogens is 2. The molecule has 136 valence electrons. The van der Waals surface area contributed by atoms with Crippen LogP contribution >= 0.6 is 0 Å². The predicted octanol–water partition coefficient (Wildman–Crippen LogP) is 3.56. The summed E-state index contributed by atoms with van der Waals surface area (Å²) in [7, 11) is 0. The largest absolute Gasteiger partial charge is 0.471 e. The maximum absolute atomic E-state index is 14.5. The molecule has 0 spiro atoms. The summed E-state index contributed by atoms with van der Waals surface area (Å²) in [5.74, 6) is -0.222. The van der Waals surface area contributed by atoms with Gasteiger partial charge < -0.3 is 18.6 Å². The molecule has 0 bridgehead atoms. The van der Waals surface area contributed by atoms with Crippen LogP contribution in [0.15, 0.2) is 53.5 Å². The molecule has 3 heterocycles. The molecule has 0 saturated carbocycles. The SMILES string of the molecule is [C-]#[N+]c1ccn(-c2ccc(N3C[C@H](COc4ccon4)OC3=O)cc2F)c1. The van der Waals surface area contributed by atoms with Gasteiger partial charge in [0, 0.05) is 12.3 Å². The van der Waals surface area contributed by atoms with Crippen LogP contribution in [0.1, 0.15) is 0 Å². The normalized spacial score (nSPS) is 16.2. The fourth-order valence-electron chi connectivity index (χ4n) is 2.75. The third-order valence-electron chi connectivity index (χ3n) is 4.03. The molecule has 8 nitrogen and oxygen atoms in total. The van der Waals surface area contributed by atoms with Crippen LogP contribution in [0.3, 0.4) is 0 Å². The van der Waals surface area contributed by atoms with Crippen molar-refractivity contribution in [3.05, 3.63) is 66.2 Å². The van der Waals surface area contributed by atoms with Gasteiger partial charge in [0.25, 0.3) is 5.88 Å². The van der Waals surface area contributed by atoms with Crippen LogP contribution < -0.4 is 9.64 Å². The zero-order chi connectivity index (χ0) is 18.8. The highest BCUT2D eigenvalue weighted by molar-refractivity contribution is 5.89. The topological polar surface area (TPSA) is 74.1 Å². The summed E-state index contributed by atoms with van der Waals surface area (Å²) in [5.41, 5.74) is 1.08. The second-order valence-electron chi connectivity index (χ2n) is 5.79. The number of halogens is 1. The minimum Gasteiger partial charge on any atom is -0.471 e. The Bertz CT molecular complexity index is 1010. The second-order valence-corrected chi connectivity index (χ2v) is 5.79. The third-order valence-corrected chi connectivity index (χ3v) is 4.03. The van der Waals surface area contributed by atoms with Gasteiger partial charge in [0.2, 0.25) is 5.69 Å². The fourth-order valence-corrected chi connectivity index (χ4v) is 2.75. The molecule has 0 unspecified atom stereocenters. The zero-order valence-electron chi connectivity index (χ0n) is 13.9. The molecule has 4 rings (SSSR count). The Morgan fingerprint density at radius 1 is 1.37 bits per heavy atom. The van der Waals surface area contributed by atoms with Gasteiger partial charge in [-0.3, -0.25) is 4.90 Å². The van der Waals surface area contributed by atoms with Crippen molar-refractivity contribution < 1.29 is 23.2 Å². The minimum absolute atomic E-state index is 0.109. The minimum atomic E-state index is -0.577. The lowest BCUT2D eigenvalue weighted by Gasteiger charge is -2.14. The standard InChI is InChI=1S/C18H13FN4O4/c1-20-12-4-6-22(9-12)16-3-2-13(8-15(16)19)23-10-14(27-18(23)24)11-25-17-5-7-26-21-17/h2-9,14H,10-11H2/t14-/m1/s1. The van der Waals surface area contributed by atoms with E-state index in [4.69, 9.17) is 16.0 Å². The lowest BCUT2D eigenvalue weighted by molar-refractivity contribution is 0.102. The van der Waals surface area contributed by atoms with Gasteiger partial charge in [-0.05, 0) is 35.6 Å². The predicted molar refractivity (Wildman–Crippen MR) is 91.6 cm³/mol. The summed E-state index contributed by atoms with van der Waals surface area (Å²) < 4.78 is 31.3. The van der Waals surface area contributed by atoms with E-state index in [2.05, 4.69) is 14.5 Å². The van der Waals surface area contributed by atoms with Crippen LogP contribution in [0.4, 0.5) is 20.6 Å². The first kappa shape index (κ1) is 16.7. The summed E-state index contributed by atoms with van der Waals surface area (Å²) in [6.45, 7) is 7.31. The number of cyclic esters (lactones) is 1. The molecule has 1 aromatic carbocycles. The summed E-state index contributed by atoms with van der Waals surface area (Å²) in [5, 5.41) is 3.61. The summed E-state index contributed by atoms with van der Waals surface area (Å²) in [4.78, 5) is 16.7. The van der Waals surface area contributed by atoms with Crippen LogP contribution in [0.5, 0.6) is 5.88 Å². The molecule has 27 heavy (non-hydrogen) atoms. The maximum Gasteiger partial charge on any atom is 0.414 e. The quantitative estimate of drug-likeness (QED) is 0.644. The van der Waals surface area contributed by atoms with E-state index in [0.717, 1.165) is 0 Å². The molecule has 1 atom stereocenters. The van der Waals surface area contributed by atoms with Gasteiger partial charge in [-0.2, -0.15) is 0 Å². The van der Waals surface area contributed by atoms with Gasteiger partial charge in [-0.15, -0.1) is 0 Å². The molecule has 1 saturated heterocycles. The number of hydrogen-bond acceptors (Lipinski definition) is 5. The van der Waals surface area contributed by atoms with E-state index < -0.39 is 18.0 Å². The van der Waals surface area contributed by atoms with E-state index >= 15 is 0 Å². The molecular weight excluding hydrogens is 355 g/mol. The number of rotatable bonds is 5. The number of anilines is 1. The van der Waals surface area contributed by atoms with Crippen molar-refractivity contribution in [3.8, 4) is 11.6 Å². The van der Waals surface area contributed by atoms with E-state index in [-0.39, 0.29) is 18.8 Å². The Kier molecular flexibility index (Phi) is 4.22. The van der Waals surface area contributed by atoms with Crippen molar-refractivity contribution in [2.45, 2.75) is 6.10 Å². The molecule has 2 aromatic heterocycles. The van der Waals surface area contributed by atoms with Crippen molar-refractivity contribution >= 4 is 17.5 Å². The van der Waals surface area contributed by atoms with E-state index in [1.807, 2.05) is 0 Å². The molecular formula is C18H13FN4O4. The highest BCUT2D eigenvalue weighted by Crippen LogP contribution is 2.27. The maximum atomic E-state index is 14.5. The lowest BCUT2D eigenvalue weighted by Crippen LogP contribution is -2.26. The van der Waals surface area contributed by atoms with Crippen molar-refractivity contribution in [2.75, 3.05) is 18.1 Å². The number of ether oxygens (including phenoxy) is 2. The summed E-state index contributed by atoms with van der Waals surface area (Å²) in [6, 6.07) is 7.57. The van der Waals surface area contributed by atoms with E-state index in [9.17, 15) is 9.18 Å². The fraction of sp³-hybridized carbons (Fsp3) is 0.167. The Hall–Kier alpha value is -3.80. The zero-order valence-corrected chi connectivity index (χ0v) is 13.9. The molecule has 3 aromatic rings.